The molecule has 0 fully saturated rings. The van der Waals surface area contributed by atoms with Gasteiger partial charge in [-0.25, -0.2) is 5.43 Å². The number of benzene rings is 3. The fraction of sp³-hybridized carbons (Fsp3) is 0.120. The molecule has 0 aliphatic rings. The predicted octanol–water partition coefficient (Wildman–Crippen LogP) is 4.19. The van der Waals surface area contributed by atoms with Crippen LogP contribution >= 0.6 is 11.8 Å². The van der Waals surface area contributed by atoms with Crippen LogP contribution in [0.1, 0.15) is 5.56 Å². The lowest BCUT2D eigenvalue weighted by Crippen LogP contribution is -2.20. The molecule has 0 atom stereocenters. The van der Waals surface area contributed by atoms with Gasteiger partial charge >= 0.3 is 0 Å². The zero-order valence-electron chi connectivity index (χ0n) is 18.7. The number of aromatic nitrogens is 3. The van der Waals surface area contributed by atoms with Gasteiger partial charge in [-0.15, -0.1) is 10.2 Å². The summed E-state index contributed by atoms with van der Waals surface area (Å²) in [5, 5.41) is 13.4. The smallest absolute Gasteiger partial charge is 0.250 e. The summed E-state index contributed by atoms with van der Waals surface area (Å²) in [6, 6.07) is 24.8. The van der Waals surface area contributed by atoms with Crippen LogP contribution < -0.4 is 14.9 Å². The van der Waals surface area contributed by atoms with Crippen LogP contribution in [-0.4, -0.2) is 46.9 Å². The zero-order valence-corrected chi connectivity index (χ0v) is 19.5. The third-order valence-electron chi connectivity index (χ3n) is 4.85. The minimum Gasteiger partial charge on any atom is -0.497 e. The average Bonchev–Trinajstić information content (AvgIpc) is 3.32. The molecule has 9 heteroatoms. The lowest BCUT2D eigenvalue weighted by molar-refractivity contribution is -0.118. The van der Waals surface area contributed by atoms with E-state index in [0.29, 0.717) is 11.0 Å². The molecule has 0 aliphatic carbocycles. The maximum Gasteiger partial charge on any atom is 0.250 e. The second-order valence-corrected chi connectivity index (χ2v) is 8.00. The molecular formula is C25H23N5O3S. The largest absolute Gasteiger partial charge is 0.497 e. The van der Waals surface area contributed by atoms with E-state index in [-0.39, 0.29) is 11.7 Å². The van der Waals surface area contributed by atoms with Gasteiger partial charge < -0.3 is 9.47 Å². The summed E-state index contributed by atoms with van der Waals surface area (Å²) in [6.45, 7) is 0. The van der Waals surface area contributed by atoms with Gasteiger partial charge in [-0.05, 0) is 66.2 Å². The minimum absolute atomic E-state index is 0.132. The van der Waals surface area contributed by atoms with E-state index in [1.54, 1.807) is 20.4 Å². The minimum atomic E-state index is -0.247. The number of carbonyl (C=O) groups is 1. The van der Waals surface area contributed by atoms with Gasteiger partial charge in [0, 0.05) is 11.3 Å². The number of amides is 1. The van der Waals surface area contributed by atoms with E-state index in [9.17, 15) is 4.79 Å². The Morgan fingerprint density at radius 1 is 0.941 bits per heavy atom. The molecule has 0 saturated heterocycles. The second-order valence-electron chi connectivity index (χ2n) is 7.06. The highest BCUT2D eigenvalue weighted by molar-refractivity contribution is 7.99. The molecule has 0 saturated carbocycles. The molecule has 0 unspecified atom stereocenters. The molecule has 1 amide bonds. The average molecular weight is 474 g/mol. The molecule has 34 heavy (non-hydrogen) atoms. The molecule has 0 spiro atoms. The highest BCUT2D eigenvalue weighted by Crippen LogP contribution is 2.28. The molecular weight excluding hydrogens is 450 g/mol. The van der Waals surface area contributed by atoms with Crippen molar-refractivity contribution in [3.05, 3.63) is 84.4 Å². The van der Waals surface area contributed by atoms with Crippen molar-refractivity contribution in [2.45, 2.75) is 5.16 Å². The van der Waals surface area contributed by atoms with E-state index in [2.05, 4.69) is 20.7 Å². The summed E-state index contributed by atoms with van der Waals surface area (Å²) in [5.41, 5.74) is 5.18. The molecule has 3 aromatic carbocycles. The Balaban J connectivity index is 1.47. The van der Waals surface area contributed by atoms with Gasteiger partial charge in [0.2, 0.25) is 0 Å². The lowest BCUT2D eigenvalue weighted by atomic mass is 10.2. The van der Waals surface area contributed by atoms with E-state index in [1.165, 1.54) is 11.8 Å². The SMILES string of the molecule is COc1ccc(/C=N/NC(=O)CSc2nnc(-c3ccc(OC)cc3)n2-c2ccccc2)cc1. The summed E-state index contributed by atoms with van der Waals surface area (Å²) >= 11 is 1.29. The lowest BCUT2D eigenvalue weighted by Gasteiger charge is -2.10. The van der Waals surface area contributed by atoms with Crippen molar-refractivity contribution in [1.82, 2.24) is 20.2 Å². The van der Waals surface area contributed by atoms with Crippen LogP contribution in [0.5, 0.6) is 11.5 Å². The third-order valence-corrected chi connectivity index (χ3v) is 5.78. The Labute approximate surface area is 201 Å². The van der Waals surface area contributed by atoms with Gasteiger partial charge in [-0.2, -0.15) is 5.10 Å². The maximum atomic E-state index is 12.4. The molecule has 1 N–H and O–H groups in total. The summed E-state index contributed by atoms with van der Waals surface area (Å²) in [6.07, 6.45) is 1.58. The number of nitrogens with one attached hydrogen (secondary N) is 1. The van der Waals surface area contributed by atoms with E-state index < -0.39 is 0 Å². The predicted molar refractivity (Wildman–Crippen MR) is 133 cm³/mol. The van der Waals surface area contributed by atoms with Crippen molar-refractivity contribution in [2.24, 2.45) is 5.10 Å². The zero-order chi connectivity index (χ0) is 23.8. The standard InChI is InChI=1S/C25H23N5O3S/c1-32-21-12-8-18(9-13-21)16-26-27-23(31)17-34-25-29-28-24(19-10-14-22(33-2)15-11-19)30(25)20-6-4-3-5-7-20/h3-16H,17H2,1-2H3,(H,27,31)/b26-16+. The van der Waals surface area contributed by atoms with Crippen molar-refractivity contribution in [2.75, 3.05) is 20.0 Å². The molecule has 172 valence electrons. The van der Waals surface area contributed by atoms with Crippen LogP contribution in [0, 0.1) is 0 Å². The van der Waals surface area contributed by atoms with Gasteiger partial charge in [0.1, 0.15) is 11.5 Å². The van der Waals surface area contributed by atoms with Crippen LogP contribution in [0.15, 0.2) is 89.1 Å². The quantitative estimate of drug-likeness (QED) is 0.223. The van der Waals surface area contributed by atoms with Gasteiger partial charge in [-0.1, -0.05) is 30.0 Å². The number of rotatable bonds is 9. The molecule has 1 heterocycles. The number of hydrazone groups is 1. The highest BCUT2D eigenvalue weighted by Gasteiger charge is 2.17. The first-order chi connectivity index (χ1) is 16.7. The Kier molecular flexibility index (Phi) is 7.56. The Hall–Kier alpha value is -4.11. The summed E-state index contributed by atoms with van der Waals surface area (Å²) in [4.78, 5) is 12.4. The third kappa shape index (κ3) is 5.62. The number of carbonyl (C=O) groups excluding carboxylic acids is 1. The van der Waals surface area contributed by atoms with Gasteiger partial charge in [0.15, 0.2) is 11.0 Å². The fourth-order valence-corrected chi connectivity index (χ4v) is 3.88. The summed E-state index contributed by atoms with van der Waals surface area (Å²) < 4.78 is 12.3. The maximum absolute atomic E-state index is 12.4. The highest BCUT2D eigenvalue weighted by atomic mass is 32.2. The number of hydrogen-bond donors (Lipinski definition) is 1. The number of thioether (sulfide) groups is 1. The molecule has 0 aliphatic heterocycles. The van der Waals surface area contributed by atoms with Crippen LogP contribution in [0.2, 0.25) is 0 Å². The van der Waals surface area contributed by atoms with Crippen LogP contribution in [0.25, 0.3) is 17.1 Å². The van der Waals surface area contributed by atoms with Crippen molar-refractivity contribution < 1.29 is 14.3 Å². The topological polar surface area (TPSA) is 90.6 Å². The van der Waals surface area contributed by atoms with E-state index in [1.807, 2.05) is 83.4 Å². The van der Waals surface area contributed by atoms with E-state index in [4.69, 9.17) is 9.47 Å². The number of nitrogens with zero attached hydrogens (tertiary/aromatic N) is 4. The number of ether oxygens (including phenoxy) is 2. The normalized spacial score (nSPS) is 10.9. The van der Waals surface area contributed by atoms with Gasteiger partial charge in [-0.3, -0.25) is 9.36 Å². The van der Waals surface area contributed by atoms with Crippen LogP contribution in [0.4, 0.5) is 0 Å². The van der Waals surface area contributed by atoms with Crippen LogP contribution in [0.3, 0.4) is 0 Å². The molecule has 4 rings (SSSR count). The first kappa shape index (κ1) is 23.1. The Bertz CT molecular complexity index is 1260. The van der Waals surface area contributed by atoms with Crippen molar-refractivity contribution >= 4 is 23.9 Å². The Morgan fingerprint density at radius 3 is 2.24 bits per heavy atom. The molecule has 1 aromatic heterocycles. The molecule has 0 bridgehead atoms. The van der Waals surface area contributed by atoms with Gasteiger partial charge in [0.25, 0.3) is 5.91 Å². The summed E-state index contributed by atoms with van der Waals surface area (Å²) in [7, 11) is 3.24. The molecule has 4 aromatic rings. The Morgan fingerprint density at radius 2 is 1.59 bits per heavy atom. The van der Waals surface area contributed by atoms with Crippen LogP contribution in [-0.2, 0) is 4.79 Å². The second kappa shape index (κ2) is 11.2. The molecule has 8 nitrogen and oxygen atoms in total. The summed E-state index contributed by atoms with van der Waals surface area (Å²) in [5.74, 6) is 2.08. The van der Waals surface area contributed by atoms with E-state index in [0.717, 1.165) is 28.3 Å². The number of methoxy groups -OCH3 is 2. The van der Waals surface area contributed by atoms with Crippen molar-refractivity contribution in [3.8, 4) is 28.6 Å². The number of para-hydroxylation sites is 1. The fourth-order valence-electron chi connectivity index (χ4n) is 3.13. The number of hydrogen-bond acceptors (Lipinski definition) is 7. The van der Waals surface area contributed by atoms with Crippen molar-refractivity contribution in [1.29, 1.82) is 0 Å². The molecule has 0 radical (unpaired) electrons. The van der Waals surface area contributed by atoms with Crippen molar-refractivity contribution in [3.63, 3.8) is 0 Å². The van der Waals surface area contributed by atoms with Gasteiger partial charge in [0.05, 0.1) is 26.2 Å². The first-order valence-corrected chi connectivity index (χ1v) is 11.4. The first-order valence-electron chi connectivity index (χ1n) is 10.4. The monoisotopic (exact) mass is 473 g/mol. The van der Waals surface area contributed by atoms with E-state index >= 15 is 0 Å².